The maximum absolute atomic E-state index is 12.7. The van der Waals surface area contributed by atoms with Crippen molar-refractivity contribution in [3.63, 3.8) is 0 Å². The Morgan fingerprint density at radius 1 is 0.966 bits per heavy atom. The molecule has 0 saturated heterocycles. The van der Waals surface area contributed by atoms with Crippen molar-refractivity contribution < 1.29 is 13.2 Å². The molecule has 8 heteroatoms. The van der Waals surface area contributed by atoms with Gasteiger partial charge in [-0.15, -0.1) is 0 Å². The van der Waals surface area contributed by atoms with Gasteiger partial charge in [0.15, 0.2) is 0 Å². The van der Waals surface area contributed by atoms with Crippen LogP contribution in [0.5, 0.6) is 5.75 Å². The molecule has 1 N–H and O–H groups in total. The van der Waals surface area contributed by atoms with Gasteiger partial charge in [0.25, 0.3) is 10.0 Å². The molecular weight excluding hydrogens is 388 g/mol. The van der Waals surface area contributed by atoms with E-state index in [0.717, 1.165) is 11.4 Å². The Hall–Kier alpha value is -3.65. The minimum absolute atomic E-state index is 0.0705. The first-order valence-electron chi connectivity index (χ1n) is 8.86. The van der Waals surface area contributed by atoms with Gasteiger partial charge in [-0.3, -0.25) is 9.71 Å². The lowest BCUT2D eigenvalue weighted by molar-refractivity contribution is 0.301. The van der Waals surface area contributed by atoms with Gasteiger partial charge in [-0.2, -0.15) is 5.10 Å². The fourth-order valence-electron chi connectivity index (χ4n) is 2.67. The lowest BCUT2D eigenvalue weighted by atomic mass is 10.3. The average Bonchev–Trinajstić information content (AvgIpc) is 3.25. The smallest absolute Gasteiger partial charge is 0.265 e. The van der Waals surface area contributed by atoms with Crippen LogP contribution in [-0.2, 0) is 16.6 Å². The number of nitrogens with zero attached hydrogens (tertiary/aromatic N) is 3. The summed E-state index contributed by atoms with van der Waals surface area (Å²) in [6.45, 7) is 0.293. The number of ether oxygens (including phenoxy) is 1. The highest BCUT2D eigenvalue weighted by Crippen LogP contribution is 2.22. The Morgan fingerprint density at radius 3 is 2.59 bits per heavy atom. The molecule has 4 rings (SSSR count). The molecule has 7 nitrogen and oxygen atoms in total. The summed E-state index contributed by atoms with van der Waals surface area (Å²) in [5.74, 6) is 0.538. The van der Waals surface area contributed by atoms with E-state index >= 15 is 0 Å². The minimum Gasteiger partial charge on any atom is -0.487 e. The number of nitrogens with one attached hydrogen (secondary N) is 1. The fourth-order valence-corrected chi connectivity index (χ4v) is 3.65. The number of hydrogen-bond donors (Lipinski definition) is 1. The summed E-state index contributed by atoms with van der Waals surface area (Å²) in [7, 11) is -3.79. The van der Waals surface area contributed by atoms with Gasteiger partial charge in [0.05, 0.1) is 29.5 Å². The second-order valence-corrected chi connectivity index (χ2v) is 7.88. The van der Waals surface area contributed by atoms with Gasteiger partial charge in [0.2, 0.25) is 0 Å². The maximum Gasteiger partial charge on any atom is 0.265 e. The highest BCUT2D eigenvalue weighted by Gasteiger charge is 2.17. The van der Waals surface area contributed by atoms with Crippen molar-refractivity contribution in [2.24, 2.45) is 0 Å². The van der Waals surface area contributed by atoms with Gasteiger partial charge in [0.1, 0.15) is 17.3 Å². The lowest BCUT2D eigenvalue weighted by Gasteiger charge is -2.09. The fraction of sp³-hybridized carbons (Fsp3) is 0.0476. The molecule has 0 aliphatic heterocycles. The normalized spacial score (nSPS) is 11.2. The van der Waals surface area contributed by atoms with Crippen LogP contribution in [0.4, 0.5) is 5.69 Å². The third kappa shape index (κ3) is 4.61. The quantitative estimate of drug-likeness (QED) is 0.506. The van der Waals surface area contributed by atoms with Crippen molar-refractivity contribution in [2.45, 2.75) is 11.5 Å². The van der Waals surface area contributed by atoms with Crippen LogP contribution in [0.2, 0.25) is 0 Å². The van der Waals surface area contributed by atoms with E-state index in [4.69, 9.17) is 4.74 Å². The predicted octanol–water partition coefficient (Wildman–Crippen LogP) is 3.65. The molecule has 0 aliphatic rings. The second kappa shape index (κ2) is 8.15. The van der Waals surface area contributed by atoms with Crippen molar-refractivity contribution in [1.82, 2.24) is 14.8 Å². The van der Waals surface area contributed by atoms with Crippen LogP contribution in [0.15, 0.2) is 96.3 Å². The third-order valence-corrected chi connectivity index (χ3v) is 5.42. The van der Waals surface area contributed by atoms with E-state index in [1.54, 1.807) is 30.5 Å². The zero-order valence-corrected chi connectivity index (χ0v) is 16.2. The SMILES string of the molecule is O=S(=O)(Nc1cccc(OCc2ccccn2)c1)c1cnn(-c2ccccc2)c1. The Bertz CT molecular complexity index is 1190. The molecule has 29 heavy (non-hydrogen) atoms. The summed E-state index contributed by atoms with van der Waals surface area (Å²) in [5.41, 5.74) is 1.96. The van der Waals surface area contributed by atoms with Gasteiger partial charge in [0, 0.05) is 12.3 Å². The van der Waals surface area contributed by atoms with Crippen LogP contribution < -0.4 is 9.46 Å². The molecule has 0 fully saturated rings. The number of rotatable bonds is 7. The molecule has 0 bridgehead atoms. The molecule has 146 valence electrons. The van der Waals surface area contributed by atoms with Crippen LogP contribution in [0.3, 0.4) is 0 Å². The first-order valence-corrected chi connectivity index (χ1v) is 10.3. The van der Waals surface area contributed by atoms with Crippen LogP contribution in [-0.4, -0.2) is 23.2 Å². The highest BCUT2D eigenvalue weighted by molar-refractivity contribution is 7.92. The number of sulfonamides is 1. The van der Waals surface area contributed by atoms with E-state index in [1.165, 1.54) is 17.1 Å². The molecule has 0 radical (unpaired) electrons. The molecule has 2 aromatic carbocycles. The predicted molar refractivity (Wildman–Crippen MR) is 109 cm³/mol. The summed E-state index contributed by atoms with van der Waals surface area (Å²) < 4.78 is 35.2. The van der Waals surface area contributed by atoms with Crippen LogP contribution in [0, 0.1) is 0 Å². The van der Waals surface area contributed by atoms with Gasteiger partial charge in [-0.25, -0.2) is 13.1 Å². The van der Waals surface area contributed by atoms with E-state index < -0.39 is 10.0 Å². The zero-order valence-electron chi connectivity index (χ0n) is 15.3. The minimum atomic E-state index is -3.79. The number of aromatic nitrogens is 3. The van der Waals surface area contributed by atoms with Gasteiger partial charge >= 0.3 is 0 Å². The van der Waals surface area contributed by atoms with E-state index in [9.17, 15) is 8.42 Å². The van der Waals surface area contributed by atoms with E-state index in [2.05, 4.69) is 14.8 Å². The van der Waals surface area contributed by atoms with E-state index in [1.807, 2.05) is 48.5 Å². The molecule has 0 aliphatic carbocycles. The summed E-state index contributed by atoms with van der Waals surface area (Å²) >= 11 is 0. The largest absolute Gasteiger partial charge is 0.487 e. The summed E-state index contributed by atoms with van der Waals surface area (Å²) in [6.07, 6.45) is 4.48. The van der Waals surface area contributed by atoms with Crippen LogP contribution in [0.1, 0.15) is 5.69 Å². The number of hydrogen-bond acceptors (Lipinski definition) is 5. The van der Waals surface area contributed by atoms with E-state index in [0.29, 0.717) is 18.0 Å². The first-order chi connectivity index (χ1) is 14.1. The van der Waals surface area contributed by atoms with Crippen molar-refractivity contribution in [1.29, 1.82) is 0 Å². The standard InChI is InChI=1S/C21H18N4O3S/c26-29(27,21-14-23-25(15-21)19-9-2-1-3-10-19)24-17-8-6-11-20(13-17)28-16-18-7-4-5-12-22-18/h1-15,24H,16H2. The summed E-state index contributed by atoms with van der Waals surface area (Å²) in [6, 6.07) is 21.6. The summed E-state index contributed by atoms with van der Waals surface area (Å²) in [5, 5.41) is 4.14. The molecule has 0 unspecified atom stereocenters. The molecule has 4 aromatic rings. The Kier molecular flexibility index (Phi) is 5.26. The number of anilines is 1. The van der Waals surface area contributed by atoms with Crippen molar-refractivity contribution in [3.05, 3.63) is 97.1 Å². The highest BCUT2D eigenvalue weighted by atomic mass is 32.2. The molecule has 0 amide bonds. The molecule has 0 atom stereocenters. The topological polar surface area (TPSA) is 86.1 Å². The lowest BCUT2D eigenvalue weighted by Crippen LogP contribution is -2.12. The molecule has 0 saturated carbocycles. The summed E-state index contributed by atoms with van der Waals surface area (Å²) in [4.78, 5) is 4.27. The van der Waals surface area contributed by atoms with E-state index in [-0.39, 0.29) is 4.90 Å². The van der Waals surface area contributed by atoms with Crippen molar-refractivity contribution >= 4 is 15.7 Å². The monoisotopic (exact) mass is 406 g/mol. The zero-order chi connectivity index (χ0) is 20.1. The molecule has 0 spiro atoms. The Morgan fingerprint density at radius 2 is 1.79 bits per heavy atom. The Labute approximate surface area is 168 Å². The Balaban J connectivity index is 1.48. The average molecular weight is 406 g/mol. The van der Waals surface area contributed by atoms with Crippen molar-refractivity contribution in [2.75, 3.05) is 4.72 Å². The molecule has 2 aromatic heterocycles. The van der Waals surface area contributed by atoms with Crippen LogP contribution in [0.25, 0.3) is 5.69 Å². The second-order valence-electron chi connectivity index (χ2n) is 6.20. The third-order valence-electron chi connectivity index (χ3n) is 4.09. The molecular formula is C21H18N4O3S. The van der Waals surface area contributed by atoms with Gasteiger partial charge in [-0.1, -0.05) is 30.3 Å². The van der Waals surface area contributed by atoms with Crippen LogP contribution >= 0.6 is 0 Å². The number of para-hydroxylation sites is 1. The molecule has 2 heterocycles. The van der Waals surface area contributed by atoms with Gasteiger partial charge < -0.3 is 4.74 Å². The first kappa shape index (κ1) is 18.7. The van der Waals surface area contributed by atoms with Gasteiger partial charge in [-0.05, 0) is 36.4 Å². The van der Waals surface area contributed by atoms with Crippen molar-refractivity contribution in [3.8, 4) is 11.4 Å². The number of benzene rings is 2. The number of pyridine rings is 1. The maximum atomic E-state index is 12.7.